The zero-order chi connectivity index (χ0) is 22.4. The second-order valence-electron chi connectivity index (χ2n) is 8.79. The van der Waals surface area contributed by atoms with Crippen LogP contribution in [-0.4, -0.2) is 77.6 Å². The van der Waals surface area contributed by atoms with E-state index < -0.39 is 29.7 Å². The van der Waals surface area contributed by atoms with E-state index in [0.717, 1.165) is 30.8 Å². The highest BCUT2D eigenvalue weighted by atomic mass is 35.5. The Bertz CT molecular complexity index is 1020. The zero-order valence-corrected chi connectivity index (χ0v) is 20.0. The van der Waals surface area contributed by atoms with Crippen molar-refractivity contribution in [3.8, 4) is 0 Å². The minimum atomic E-state index is -1.02. The first-order valence-corrected chi connectivity index (χ1v) is 11.0. The van der Waals surface area contributed by atoms with Gasteiger partial charge in [0, 0.05) is 31.2 Å². The molecule has 4 aliphatic heterocycles. The number of imide groups is 2. The highest BCUT2D eigenvalue weighted by molar-refractivity contribution is 6.25. The lowest BCUT2D eigenvalue weighted by atomic mass is 9.94. The number of hydrogen-bond acceptors (Lipinski definition) is 7. The van der Waals surface area contributed by atoms with Crippen LogP contribution in [0.2, 0.25) is 0 Å². The molecule has 1 aromatic carbocycles. The Hall–Kier alpha value is -2.69. The van der Waals surface area contributed by atoms with Crippen LogP contribution >= 0.6 is 24.8 Å². The summed E-state index contributed by atoms with van der Waals surface area (Å²) in [6, 6.07) is 4.14. The summed E-state index contributed by atoms with van der Waals surface area (Å²) in [4.78, 5) is 65.3. The van der Waals surface area contributed by atoms with Gasteiger partial charge in [-0.2, -0.15) is 0 Å². The maximum absolute atomic E-state index is 13.1. The van der Waals surface area contributed by atoms with E-state index in [-0.39, 0.29) is 61.2 Å². The second kappa shape index (κ2) is 10.3. The van der Waals surface area contributed by atoms with Crippen LogP contribution in [0.1, 0.15) is 46.4 Å². The summed E-state index contributed by atoms with van der Waals surface area (Å²) in [6.07, 6.45) is 2.41. The Morgan fingerprint density at radius 1 is 1.06 bits per heavy atom. The Balaban J connectivity index is 0.00000162. The summed E-state index contributed by atoms with van der Waals surface area (Å²) in [7, 11) is 0. The summed E-state index contributed by atoms with van der Waals surface area (Å²) in [6.45, 7) is 2.40. The van der Waals surface area contributed by atoms with E-state index in [9.17, 15) is 24.0 Å². The van der Waals surface area contributed by atoms with Crippen LogP contribution in [0.4, 0.5) is 5.69 Å². The predicted octanol–water partition coefficient (Wildman–Crippen LogP) is 0.554. The van der Waals surface area contributed by atoms with Crippen molar-refractivity contribution in [2.45, 2.75) is 37.8 Å². The number of piperidine rings is 2. The number of benzene rings is 1. The summed E-state index contributed by atoms with van der Waals surface area (Å²) in [5.41, 5.74) is 0.735. The van der Waals surface area contributed by atoms with Crippen LogP contribution in [0, 0.1) is 5.92 Å². The van der Waals surface area contributed by atoms with Crippen LogP contribution < -0.4 is 16.0 Å². The predicted molar refractivity (Wildman–Crippen MR) is 127 cm³/mol. The van der Waals surface area contributed by atoms with Crippen molar-refractivity contribution in [2.24, 2.45) is 5.92 Å². The summed E-state index contributed by atoms with van der Waals surface area (Å²) in [5, 5.41) is 8.69. The molecule has 184 valence electrons. The number of likely N-dealkylation sites (tertiary alicyclic amines) is 1. The van der Waals surface area contributed by atoms with Gasteiger partial charge < -0.3 is 15.5 Å². The number of halogens is 2. The first kappa shape index (κ1) is 25.9. The maximum atomic E-state index is 13.1. The van der Waals surface area contributed by atoms with Crippen molar-refractivity contribution >= 4 is 60.0 Å². The first-order chi connectivity index (χ1) is 15.4. The Morgan fingerprint density at radius 3 is 2.59 bits per heavy atom. The van der Waals surface area contributed by atoms with E-state index in [1.54, 1.807) is 12.1 Å². The second-order valence-corrected chi connectivity index (χ2v) is 8.79. The van der Waals surface area contributed by atoms with Crippen LogP contribution in [0.5, 0.6) is 0 Å². The molecule has 0 saturated carbocycles. The van der Waals surface area contributed by atoms with E-state index in [2.05, 4.69) is 16.0 Å². The average molecular weight is 512 g/mol. The third kappa shape index (κ3) is 4.49. The third-order valence-corrected chi connectivity index (χ3v) is 6.85. The lowest BCUT2D eigenvalue weighted by Gasteiger charge is -2.27. The van der Waals surface area contributed by atoms with E-state index in [4.69, 9.17) is 0 Å². The molecule has 3 fully saturated rings. The zero-order valence-electron chi connectivity index (χ0n) is 18.4. The molecule has 0 spiro atoms. The minimum absolute atomic E-state index is 0. The van der Waals surface area contributed by atoms with Gasteiger partial charge in [-0.15, -0.1) is 24.8 Å². The molecule has 3 N–H and O–H groups in total. The number of carbonyl (C=O) groups excluding carboxylic acids is 5. The number of fused-ring (bicyclic) bond motifs is 2. The maximum Gasteiger partial charge on any atom is 0.264 e. The van der Waals surface area contributed by atoms with Gasteiger partial charge in [0.2, 0.25) is 17.7 Å². The van der Waals surface area contributed by atoms with Crippen LogP contribution in [0.25, 0.3) is 0 Å². The Morgan fingerprint density at radius 2 is 1.85 bits per heavy atom. The number of rotatable bonds is 4. The molecular weight excluding hydrogens is 485 g/mol. The number of nitrogens with zero attached hydrogens (tertiary/aromatic N) is 2. The molecule has 0 aromatic heterocycles. The monoisotopic (exact) mass is 511 g/mol. The molecule has 1 unspecified atom stereocenters. The van der Waals surface area contributed by atoms with Gasteiger partial charge in [-0.3, -0.25) is 34.2 Å². The first-order valence-electron chi connectivity index (χ1n) is 11.0. The number of amides is 5. The lowest BCUT2D eigenvalue weighted by molar-refractivity contribution is -0.136. The molecule has 5 amide bonds. The van der Waals surface area contributed by atoms with Crippen molar-refractivity contribution in [1.82, 2.24) is 20.4 Å². The molecule has 12 heteroatoms. The van der Waals surface area contributed by atoms with Crippen LogP contribution in [0.15, 0.2) is 18.2 Å². The summed E-state index contributed by atoms with van der Waals surface area (Å²) in [5.74, 6) is -1.80. The van der Waals surface area contributed by atoms with Crippen molar-refractivity contribution in [3.63, 3.8) is 0 Å². The Labute approximate surface area is 209 Å². The van der Waals surface area contributed by atoms with Gasteiger partial charge in [-0.05, 0) is 43.9 Å². The summed E-state index contributed by atoms with van der Waals surface area (Å²) >= 11 is 0. The van der Waals surface area contributed by atoms with Crippen molar-refractivity contribution in [1.29, 1.82) is 0 Å². The fourth-order valence-electron chi connectivity index (χ4n) is 5.20. The molecule has 4 heterocycles. The van der Waals surface area contributed by atoms with Gasteiger partial charge in [0.25, 0.3) is 11.8 Å². The van der Waals surface area contributed by atoms with Crippen molar-refractivity contribution in [3.05, 3.63) is 29.3 Å². The number of anilines is 1. The molecule has 4 aliphatic rings. The van der Waals surface area contributed by atoms with E-state index >= 15 is 0 Å². The number of nitrogens with one attached hydrogen (secondary N) is 3. The highest BCUT2D eigenvalue weighted by Crippen LogP contribution is 2.32. The van der Waals surface area contributed by atoms with Gasteiger partial charge >= 0.3 is 0 Å². The largest absolute Gasteiger partial charge is 0.375 e. The van der Waals surface area contributed by atoms with E-state index in [0.29, 0.717) is 24.2 Å². The topological polar surface area (TPSA) is 128 Å². The molecule has 1 aromatic rings. The summed E-state index contributed by atoms with van der Waals surface area (Å²) < 4.78 is 0. The smallest absolute Gasteiger partial charge is 0.264 e. The number of hydrogen-bond donors (Lipinski definition) is 3. The van der Waals surface area contributed by atoms with Crippen LogP contribution in [0.3, 0.4) is 0 Å². The van der Waals surface area contributed by atoms with Crippen LogP contribution in [-0.2, 0) is 14.4 Å². The Kier molecular flexibility index (Phi) is 7.84. The van der Waals surface area contributed by atoms with E-state index in [1.165, 1.54) is 6.07 Å². The molecule has 0 bridgehead atoms. The van der Waals surface area contributed by atoms with Gasteiger partial charge in [0.05, 0.1) is 17.7 Å². The third-order valence-electron chi connectivity index (χ3n) is 6.85. The standard InChI is InChI=1S/C22H25N5O5.2ClH/c28-17-7-6-16(20(30)25-17)27-21(31)13-4-1-5-14(19(13)22(27)32)24-9-18(29)26-10-12-3-2-8-23-15(12)11-26;;/h1,4-5,12,15-16,23-24H,2-3,6-11H2,(H,25,28,30);2*1H/t12-,15+,16?;;/m0../s1. The SMILES string of the molecule is Cl.Cl.O=C1CCC(N2C(=O)c3cccc(NCC(=O)N4C[C@@H]5CCCN[C@@H]5C4)c3C2=O)C(=O)N1. The van der Waals surface area contributed by atoms with E-state index in [1.807, 2.05) is 4.90 Å². The van der Waals surface area contributed by atoms with Gasteiger partial charge in [-0.1, -0.05) is 6.07 Å². The average Bonchev–Trinajstić information content (AvgIpc) is 3.32. The lowest BCUT2D eigenvalue weighted by Crippen LogP contribution is -2.54. The quantitative estimate of drug-likeness (QED) is 0.503. The number of carbonyl (C=O) groups is 5. The normalized spacial score (nSPS) is 25.7. The highest BCUT2D eigenvalue weighted by Gasteiger charge is 2.45. The molecule has 0 aliphatic carbocycles. The molecule has 10 nitrogen and oxygen atoms in total. The van der Waals surface area contributed by atoms with Gasteiger partial charge in [0.15, 0.2) is 0 Å². The molecule has 34 heavy (non-hydrogen) atoms. The molecule has 0 radical (unpaired) electrons. The van der Waals surface area contributed by atoms with Crippen molar-refractivity contribution < 1.29 is 24.0 Å². The van der Waals surface area contributed by atoms with Gasteiger partial charge in [-0.25, -0.2) is 0 Å². The van der Waals surface area contributed by atoms with Crippen molar-refractivity contribution in [2.75, 3.05) is 31.5 Å². The molecule has 5 rings (SSSR count). The molecular formula is C22H27Cl2N5O5. The fraction of sp³-hybridized carbons (Fsp3) is 0.500. The molecule has 3 saturated heterocycles. The fourth-order valence-corrected chi connectivity index (χ4v) is 5.20. The molecule has 3 atom stereocenters. The van der Waals surface area contributed by atoms with Gasteiger partial charge in [0.1, 0.15) is 6.04 Å². The minimum Gasteiger partial charge on any atom is -0.375 e.